The molecule has 0 aliphatic heterocycles. The Labute approximate surface area is 121 Å². The summed E-state index contributed by atoms with van der Waals surface area (Å²) in [6, 6.07) is 14.5. The molecule has 0 aliphatic rings. The molecule has 3 nitrogen and oxygen atoms in total. The van der Waals surface area contributed by atoms with E-state index in [1.165, 1.54) is 5.39 Å². The maximum Gasteiger partial charge on any atom is 0.537 e. The minimum absolute atomic E-state index is 0.576. The van der Waals surface area contributed by atoms with E-state index in [-0.39, 0.29) is 0 Å². The van der Waals surface area contributed by atoms with Gasteiger partial charge in [-0.05, 0) is 24.1 Å². The van der Waals surface area contributed by atoms with Crippen molar-refractivity contribution in [1.29, 1.82) is 0 Å². The molecule has 0 amide bonds. The van der Waals surface area contributed by atoms with Crippen LogP contribution in [0.2, 0.25) is 0 Å². The molecule has 20 heavy (non-hydrogen) atoms. The maximum absolute atomic E-state index is 6.06. The van der Waals surface area contributed by atoms with E-state index in [0.717, 1.165) is 17.0 Å². The Morgan fingerprint density at radius 1 is 0.950 bits per heavy atom. The van der Waals surface area contributed by atoms with Gasteiger partial charge in [-0.1, -0.05) is 49.4 Å². The van der Waals surface area contributed by atoms with Crippen molar-refractivity contribution >= 4 is 24.8 Å². The molecular weight excluding hydrogens is 268 g/mol. The van der Waals surface area contributed by atoms with Crippen LogP contribution in [-0.4, -0.2) is 29.1 Å². The normalized spacial score (nSPS) is 14.3. The van der Waals surface area contributed by atoms with Crippen molar-refractivity contribution in [3.05, 3.63) is 42.5 Å². The first-order chi connectivity index (χ1) is 9.77. The molecule has 2 rings (SSSR count). The van der Waals surface area contributed by atoms with Crippen LogP contribution < -0.4 is 5.19 Å². The average Bonchev–Trinajstić information content (AvgIpc) is 2.51. The number of fused-ring (bicyclic) bond motifs is 1. The van der Waals surface area contributed by atoms with Gasteiger partial charge in [-0.3, -0.25) is 0 Å². The lowest BCUT2D eigenvalue weighted by atomic mass is 10.1. The van der Waals surface area contributed by atoms with Crippen LogP contribution in [0, 0.1) is 0 Å². The van der Waals surface area contributed by atoms with Gasteiger partial charge >= 0.3 is 8.80 Å². The van der Waals surface area contributed by atoms with Gasteiger partial charge in [0.05, 0.1) is 0 Å². The summed E-state index contributed by atoms with van der Waals surface area (Å²) in [5.74, 6) is 0. The zero-order valence-corrected chi connectivity index (χ0v) is 13.4. The van der Waals surface area contributed by atoms with Gasteiger partial charge < -0.3 is 13.3 Å². The summed E-state index contributed by atoms with van der Waals surface area (Å²) in [6.45, 7) is 5.28. The van der Waals surface area contributed by atoms with E-state index < -0.39 is 8.80 Å². The molecule has 0 N–H and O–H groups in total. The molecule has 0 spiro atoms. The fraction of sp³-hybridized carbons (Fsp3) is 0.375. The fourth-order valence-corrected chi connectivity index (χ4v) is 4.90. The Balaban J connectivity index is 2.55. The highest BCUT2D eigenvalue weighted by Gasteiger charge is 2.43. The SMILES string of the molecule is CCCO[Si](OC)(OCC)c1cccc2ccccc12. The van der Waals surface area contributed by atoms with E-state index in [1.807, 2.05) is 25.1 Å². The van der Waals surface area contributed by atoms with Crippen LogP contribution in [0.5, 0.6) is 0 Å². The molecule has 0 fully saturated rings. The van der Waals surface area contributed by atoms with Crippen LogP contribution in [0.1, 0.15) is 20.3 Å². The Morgan fingerprint density at radius 3 is 2.40 bits per heavy atom. The van der Waals surface area contributed by atoms with Crippen molar-refractivity contribution in [3.63, 3.8) is 0 Å². The van der Waals surface area contributed by atoms with Crippen molar-refractivity contribution in [3.8, 4) is 0 Å². The van der Waals surface area contributed by atoms with Crippen molar-refractivity contribution in [1.82, 2.24) is 0 Å². The maximum atomic E-state index is 6.06. The van der Waals surface area contributed by atoms with Crippen molar-refractivity contribution in [2.45, 2.75) is 20.3 Å². The monoisotopic (exact) mass is 290 g/mol. The first-order valence-corrected chi connectivity index (χ1v) is 8.81. The van der Waals surface area contributed by atoms with Gasteiger partial charge in [0, 0.05) is 25.5 Å². The number of hydrogen-bond acceptors (Lipinski definition) is 3. The van der Waals surface area contributed by atoms with Crippen LogP contribution in [0.3, 0.4) is 0 Å². The van der Waals surface area contributed by atoms with Gasteiger partial charge in [0.25, 0.3) is 0 Å². The van der Waals surface area contributed by atoms with Crippen LogP contribution in [0.4, 0.5) is 0 Å². The number of rotatable bonds is 7. The van der Waals surface area contributed by atoms with E-state index in [4.69, 9.17) is 13.3 Å². The Bertz CT molecular complexity index is 553. The van der Waals surface area contributed by atoms with Crippen molar-refractivity contribution in [2.75, 3.05) is 20.3 Å². The van der Waals surface area contributed by atoms with Gasteiger partial charge in [0.2, 0.25) is 0 Å². The van der Waals surface area contributed by atoms with Crippen LogP contribution in [0.25, 0.3) is 10.8 Å². The minimum Gasteiger partial charge on any atom is -0.373 e. The fourth-order valence-electron chi connectivity index (χ4n) is 2.34. The molecule has 0 heterocycles. The third kappa shape index (κ3) is 2.93. The Morgan fingerprint density at radius 2 is 1.70 bits per heavy atom. The Kier molecular flexibility index (Phi) is 5.31. The molecule has 0 bridgehead atoms. The topological polar surface area (TPSA) is 27.7 Å². The van der Waals surface area contributed by atoms with Gasteiger partial charge in [0.1, 0.15) is 0 Å². The molecule has 1 atom stereocenters. The second kappa shape index (κ2) is 6.99. The molecule has 108 valence electrons. The third-order valence-electron chi connectivity index (χ3n) is 3.22. The quantitative estimate of drug-likeness (QED) is 0.733. The second-order valence-electron chi connectivity index (χ2n) is 4.57. The zero-order chi connectivity index (χ0) is 14.4. The van der Waals surface area contributed by atoms with Crippen molar-refractivity contribution < 1.29 is 13.3 Å². The lowest BCUT2D eigenvalue weighted by Crippen LogP contribution is -2.56. The molecule has 0 saturated heterocycles. The molecular formula is C16H22O3Si. The lowest BCUT2D eigenvalue weighted by molar-refractivity contribution is 0.0970. The number of hydrogen-bond donors (Lipinski definition) is 0. The summed E-state index contributed by atoms with van der Waals surface area (Å²) >= 11 is 0. The molecule has 0 radical (unpaired) electrons. The predicted molar refractivity (Wildman–Crippen MR) is 84.2 cm³/mol. The molecule has 0 aromatic heterocycles. The highest BCUT2D eigenvalue weighted by atomic mass is 28.4. The van der Waals surface area contributed by atoms with E-state index in [1.54, 1.807) is 7.11 Å². The van der Waals surface area contributed by atoms with E-state index in [2.05, 4.69) is 31.2 Å². The first kappa shape index (κ1) is 15.2. The lowest BCUT2D eigenvalue weighted by Gasteiger charge is -2.28. The van der Waals surface area contributed by atoms with Gasteiger partial charge in [0.15, 0.2) is 0 Å². The van der Waals surface area contributed by atoms with E-state index in [9.17, 15) is 0 Å². The highest BCUT2D eigenvalue weighted by Crippen LogP contribution is 2.18. The molecule has 2 aromatic rings. The van der Waals surface area contributed by atoms with Crippen LogP contribution in [-0.2, 0) is 13.3 Å². The second-order valence-corrected chi connectivity index (χ2v) is 7.21. The number of benzene rings is 2. The van der Waals surface area contributed by atoms with Crippen molar-refractivity contribution in [2.24, 2.45) is 0 Å². The average molecular weight is 290 g/mol. The van der Waals surface area contributed by atoms with E-state index >= 15 is 0 Å². The van der Waals surface area contributed by atoms with Gasteiger partial charge in [-0.15, -0.1) is 0 Å². The molecule has 4 heteroatoms. The summed E-state index contributed by atoms with van der Waals surface area (Å²) in [6.07, 6.45) is 0.940. The summed E-state index contributed by atoms with van der Waals surface area (Å²) in [5, 5.41) is 3.38. The minimum atomic E-state index is -2.83. The first-order valence-electron chi connectivity index (χ1n) is 7.08. The zero-order valence-electron chi connectivity index (χ0n) is 12.4. The summed E-state index contributed by atoms with van der Waals surface area (Å²) in [4.78, 5) is 0. The Hall–Kier alpha value is -1.20. The molecule has 2 aromatic carbocycles. The summed E-state index contributed by atoms with van der Waals surface area (Å²) < 4.78 is 17.8. The predicted octanol–water partition coefficient (Wildman–Crippen LogP) is 3.10. The smallest absolute Gasteiger partial charge is 0.373 e. The highest BCUT2D eigenvalue weighted by molar-refractivity contribution is 6.77. The van der Waals surface area contributed by atoms with E-state index in [0.29, 0.717) is 13.2 Å². The molecule has 0 saturated carbocycles. The largest absolute Gasteiger partial charge is 0.537 e. The standard InChI is InChI=1S/C16H22O3Si/c1-4-13-19-20(17-3,18-5-2)16-12-8-10-14-9-6-7-11-15(14)16/h6-12H,4-5,13H2,1-3H3. The van der Waals surface area contributed by atoms with Crippen LogP contribution in [0.15, 0.2) is 42.5 Å². The molecule has 0 aliphatic carbocycles. The summed E-state index contributed by atoms with van der Waals surface area (Å²) in [5.41, 5.74) is 0. The summed E-state index contributed by atoms with van der Waals surface area (Å²) in [7, 11) is -1.15. The van der Waals surface area contributed by atoms with Gasteiger partial charge in [-0.25, -0.2) is 0 Å². The molecule has 1 unspecified atom stereocenters. The third-order valence-corrected chi connectivity index (χ3v) is 6.10. The van der Waals surface area contributed by atoms with Crippen LogP contribution >= 0.6 is 0 Å². The van der Waals surface area contributed by atoms with Gasteiger partial charge in [-0.2, -0.15) is 0 Å².